The van der Waals surface area contributed by atoms with Gasteiger partial charge < -0.3 is 5.11 Å². The number of benzene rings is 2. The Labute approximate surface area is 236 Å². The first kappa shape index (κ1) is 27.8. The monoisotopic (exact) mass is 552 g/mol. The highest BCUT2D eigenvalue weighted by atomic mass is 16.4. The van der Waals surface area contributed by atoms with E-state index in [2.05, 4.69) is 18.8 Å². The van der Waals surface area contributed by atoms with E-state index in [-0.39, 0.29) is 22.6 Å². The van der Waals surface area contributed by atoms with Crippen molar-refractivity contribution in [3.63, 3.8) is 0 Å². The number of hydrogen-bond acceptors (Lipinski definition) is 5. The molecule has 9 heteroatoms. The second kappa shape index (κ2) is 11.4. The number of carboxylic acid groups (broad SMARTS) is 1. The number of pyridine rings is 1. The van der Waals surface area contributed by atoms with Crippen LogP contribution in [0.25, 0.3) is 27.7 Å². The summed E-state index contributed by atoms with van der Waals surface area (Å²) in [4.78, 5) is 56.9. The van der Waals surface area contributed by atoms with Gasteiger partial charge in [-0.15, -0.1) is 0 Å². The second-order valence-electron chi connectivity index (χ2n) is 10.6. The summed E-state index contributed by atoms with van der Waals surface area (Å²) in [5.74, 6) is -0.865. The van der Waals surface area contributed by atoms with Crippen molar-refractivity contribution >= 4 is 28.2 Å². The van der Waals surface area contributed by atoms with Gasteiger partial charge in [0.1, 0.15) is 0 Å². The molecule has 5 rings (SSSR count). The number of fused-ring (bicyclic) bond motifs is 2. The van der Waals surface area contributed by atoms with Crippen LogP contribution in [0.5, 0.6) is 0 Å². The lowest BCUT2D eigenvalue weighted by atomic mass is 10.1. The molecule has 0 bridgehead atoms. The summed E-state index contributed by atoms with van der Waals surface area (Å²) in [5, 5.41) is 9.76. The van der Waals surface area contributed by atoms with Crippen molar-refractivity contribution in [3.8, 4) is 11.3 Å². The zero-order valence-corrected chi connectivity index (χ0v) is 23.3. The standard InChI is InChI=1S/C32H32N4O5/c1-4-15-35-25-14-13-22(19-24(25)30(38)36(32(35)41)17-8-9-20(2)3)28(37)29-33-27(26-12-5-6-16-34(26)29)21-10-7-11-23(18-21)31(39)40/h5-7,10-14,16,18-20H,4,8-9,15,17H2,1-3H3,(H,39,40). The molecule has 9 nitrogen and oxygen atoms in total. The molecule has 0 atom stereocenters. The van der Waals surface area contributed by atoms with Crippen molar-refractivity contribution < 1.29 is 14.7 Å². The molecule has 0 saturated heterocycles. The van der Waals surface area contributed by atoms with Crippen molar-refractivity contribution in [1.29, 1.82) is 0 Å². The Balaban J connectivity index is 1.64. The van der Waals surface area contributed by atoms with Gasteiger partial charge in [0, 0.05) is 30.4 Å². The summed E-state index contributed by atoms with van der Waals surface area (Å²) in [6.07, 6.45) is 4.03. The highest BCUT2D eigenvalue weighted by molar-refractivity contribution is 6.09. The number of carbonyl (C=O) groups excluding carboxylic acids is 1. The van der Waals surface area contributed by atoms with Crippen LogP contribution in [0.1, 0.15) is 66.6 Å². The third-order valence-corrected chi connectivity index (χ3v) is 7.23. The van der Waals surface area contributed by atoms with Crippen LogP contribution in [0.3, 0.4) is 0 Å². The smallest absolute Gasteiger partial charge is 0.335 e. The predicted molar refractivity (Wildman–Crippen MR) is 158 cm³/mol. The molecule has 0 aliphatic rings. The van der Waals surface area contributed by atoms with Crippen molar-refractivity contribution in [2.75, 3.05) is 0 Å². The molecule has 0 aliphatic carbocycles. The molecule has 0 aliphatic heterocycles. The molecule has 0 spiro atoms. The fourth-order valence-corrected chi connectivity index (χ4v) is 5.20. The minimum absolute atomic E-state index is 0.116. The first-order chi connectivity index (χ1) is 19.7. The maximum Gasteiger partial charge on any atom is 0.335 e. The van der Waals surface area contributed by atoms with E-state index < -0.39 is 17.3 Å². The average molecular weight is 553 g/mol. The molecule has 1 N–H and O–H groups in total. The van der Waals surface area contributed by atoms with Crippen molar-refractivity contribution in [2.45, 2.75) is 53.1 Å². The summed E-state index contributed by atoms with van der Waals surface area (Å²) in [6, 6.07) is 16.7. The molecular formula is C32H32N4O5. The van der Waals surface area contributed by atoms with Crippen LogP contribution in [-0.4, -0.2) is 35.4 Å². The molecule has 210 valence electrons. The molecule has 0 fully saturated rings. The van der Waals surface area contributed by atoms with Crippen LogP contribution in [0, 0.1) is 5.92 Å². The summed E-state index contributed by atoms with van der Waals surface area (Å²) in [6.45, 7) is 6.94. The minimum Gasteiger partial charge on any atom is -0.478 e. The lowest BCUT2D eigenvalue weighted by molar-refractivity contribution is 0.0696. The normalized spacial score (nSPS) is 11.5. The van der Waals surface area contributed by atoms with Gasteiger partial charge in [-0.2, -0.15) is 0 Å². The Morgan fingerprint density at radius 3 is 2.44 bits per heavy atom. The van der Waals surface area contributed by atoms with E-state index in [0.29, 0.717) is 59.5 Å². The van der Waals surface area contributed by atoms with Crippen LogP contribution in [0.4, 0.5) is 0 Å². The number of aryl methyl sites for hydroxylation is 1. The fraction of sp³-hybridized carbons (Fsp3) is 0.281. The highest BCUT2D eigenvalue weighted by Crippen LogP contribution is 2.27. The van der Waals surface area contributed by atoms with Crippen LogP contribution in [-0.2, 0) is 13.1 Å². The van der Waals surface area contributed by atoms with E-state index in [9.17, 15) is 24.3 Å². The highest BCUT2D eigenvalue weighted by Gasteiger charge is 2.22. The minimum atomic E-state index is -1.06. The van der Waals surface area contributed by atoms with E-state index in [4.69, 9.17) is 0 Å². The van der Waals surface area contributed by atoms with Gasteiger partial charge in [0.05, 0.1) is 27.7 Å². The Morgan fingerprint density at radius 2 is 1.71 bits per heavy atom. The van der Waals surface area contributed by atoms with Crippen LogP contribution >= 0.6 is 0 Å². The van der Waals surface area contributed by atoms with Gasteiger partial charge in [0.15, 0.2) is 5.82 Å². The maximum atomic E-state index is 13.9. The van der Waals surface area contributed by atoms with Crippen molar-refractivity contribution in [3.05, 3.63) is 105 Å². The lowest BCUT2D eigenvalue weighted by Crippen LogP contribution is -2.40. The third-order valence-electron chi connectivity index (χ3n) is 7.23. The molecule has 2 aromatic carbocycles. The fourth-order valence-electron chi connectivity index (χ4n) is 5.20. The van der Waals surface area contributed by atoms with Crippen molar-refractivity contribution in [1.82, 2.24) is 18.5 Å². The molecule has 3 aromatic heterocycles. The number of hydrogen-bond donors (Lipinski definition) is 1. The topological polar surface area (TPSA) is 116 Å². The average Bonchev–Trinajstić information content (AvgIpc) is 3.36. The Morgan fingerprint density at radius 1 is 0.902 bits per heavy atom. The van der Waals surface area contributed by atoms with Gasteiger partial charge in [0.25, 0.3) is 5.56 Å². The number of aromatic carboxylic acids is 1. The van der Waals surface area contributed by atoms with Gasteiger partial charge in [-0.1, -0.05) is 39.0 Å². The largest absolute Gasteiger partial charge is 0.478 e. The predicted octanol–water partition coefficient (Wildman–Crippen LogP) is 5.25. The number of ketones is 1. The number of rotatable bonds is 10. The summed E-state index contributed by atoms with van der Waals surface area (Å²) < 4.78 is 4.56. The zero-order valence-electron chi connectivity index (χ0n) is 23.3. The van der Waals surface area contributed by atoms with E-state index in [1.165, 1.54) is 16.7 Å². The molecule has 3 heterocycles. The number of carbonyl (C=O) groups is 2. The Hall–Kier alpha value is -4.79. The second-order valence-corrected chi connectivity index (χ2v) is 10.6. The Bertz CT molecular complexity index is 1910. The quantitative estimate of drug-likeness (QED) is 0.237. The molecular weight excluding hydrogens is 520 g/mol. The maximum absolute atomic E-state index is 13.9. The van der Waals surface area contributed by atoms with Crippen LogP contribution in [0.2, 0.25) is 0 Å². The number of nitrogens with zero attached hydrogens (tertiary/aromatic N) is 4. The third kappa shape index (κ3) is 5.23. The molecule has 0 amide bonds. The number of imidazole rings is 1. The summed E-state index contributed by atoms with van der Waals surface area (Å²) in [7, 11) is 0. The van der Waals surface area contributed by atoms with Crippen LogP contribution in [0.15, 0.2) is 76.4 Å². The van der Waals surface area contributed by atoms with E-state index in [1.807, 2.05) is 19.1 Å². The SMILES string of the molecule is CCCn1c(=O)n(CCCC(C)C)c(=O)c2cc(C(=O)c3nc(-c4cccc(C(=O)O)c4)c4ccccn34)ccc21. The first-order valence-corrected chi connectivity index (χ1v) is 13.8. The van der Waals surface area contributed by atoms with Crippen LogP contribution < -0.4 is 11.2 Å². The molecule has 0 unspecified atom stereocenters. The van der Waals surface area contributed by atoms with Gasteiger partial charge in [-0.3, -0.25) is 23.1 Å². The first-order valence-electron chi connectivity index (χ1n) is 13.8. The molecule has 41 heavy (non-hydrogen) atoms. The summed E-state index contributed by atoms with van der Waals surface area (Å²) in [5.41, 5.74) is 1.83. The Kier molecular flexibility index (Phi) is 7.70. The zero-order chi connectivity index (χ0) is 29.3. The summed E-state index contributed by atoms with van der Waals surface area (Å²) >= 11 is 0. The van der Waals surface area contributed by atoms with E-state index in [1.54, 1.807) is 51.6 Å². The molecule has 0 radical (unpaired) electrons. The van der Waals surface area contributed by atoms with Gasteiger partial charge in [0.2, 0.25) is 5.78 Å². The van der Waals surface area contributed by atoms with Gasteiger partial charge >= 0.3 is 11.7 Å². The van der Waals surface area contributed by atoms with E-state index in [0.717, 1.165) is 6.42 Å². The molecule has 5 aromatic rings. The van der Waals surface area contributed by atoms with E-state index >= 15 is 0 Å². The number of aromatic nitrogens is 4. The van der Waals surface area contributed by atoms with Gasteiger partial charge in [-0.25, -0.2) is 14.6 Å². The number of carboxylic acids is 1. The molecule has 0 saturated carbocycles. The van der Waals surface area contributed by atoms with Gasteiger partial charge in [-0.05, 0) is 67.6 Å². The van der Waals surface area contributed by atoms with Crippen molar-refractivity contribution in [2.24, 2.45) is 5.92 Å². The lowest BCUT2D eigenvalue weighted by Gasteiger charge is -2.14.